The van der Waals surface area contributed by atoms with E-state index in [1.165, 1.54) is 0 Å². The van der Waals surface area contributed by atoms with Gasteiger partial charge in [-0.15, -0.1) is 0 Å². The van der Waals surface area contributed by atoms with Crippen LogP contribution in [-0.2, 0) is 11.3 Å². The molecule has 1 N–H and O–H groups in total. The summed E-state index contributed by atoms with van der Waals surface area (Å²) < 4.78 is 5.01. The Bertz CT molecular complexity index is 564. The fraction of sp³-hybridized carbons (Fsp3) is 0.812. The molecule has 3 heterocycles. The molecule has 8 nitrogen and oxygen atoms in total. The molecule has 0 aliphatic carbocycles. The highest BCUT2D eigenvalue weighted by Crippen LogP contribution is 2.17. The molecule has 2 aliphatic heterocycles. The number of hydrogen-bond donors (Lipinski definition) is 1. The average molecular weight is 337 g/mol. The molecule has 1 amide bonds. The van der Waals surface area contributed by atoms with Crippen LogP contribution in [0.3, 0.4) is 0 Å². The fourth-order valence-corrected chi connectivity index (χ4v) is 3.60. The SMILES string of the molecule is Cc1nc(CN(C)[C@H]2CCN(C[C@H](O)CN3CCCC3=O)C2)no1. The lowest BCUT2D eigenvalue weighted by molar-refractivity contribution is -0.129. The van der Waals surface area contributed by atoms with Crippen molar-refractivity contribution >= 4 is 5.91 Å². The molecule has 2 atom stereocenters. The van der Waals surface area contributed by atoms with Gasteiger partial charge < -0.3 is 14.5 Å². The third kappa shape index (κ3) is 4.31. The lowest BCUT2D eigenvalue weighted by atomic mass is 10.2. The van der Waals surface area contributed by atoms with Crippen molar-refractivity contribution in [2.75, 3.05) is 39.8 Å². The van der Waals surface area contributed by atoms with Crippen LogP contribution >= 0.6 is 0 Å². The smallest absolute Gasteiger partial charge is 0.223 e. The Balaban J connectivity index is 1.42. The van der Waals surface area contributed by atoms with Crippen LogP contribution in [0, 0.1) is 6.92 Å². The molecule has 0 bridgehead atoms. The first-order valence-electron chi connectivity index (χ1n) is 8.69. The van der Waals surface area contributed by atoms with E-state index in [-0.39, 0.29) is 5.91 Å². The van der Waals surface area contributed by atoms with E-state index in [0.717, 1.165) is 32.5 Å². The maximum atomic E-state index is 11.6. The topological polar surface area (TPSA) is 85.9 Å². The van der Waals surface area contributed by atoms with Gasteiger partial charge in [0, 0.05) is 45.6 Å². The Morgan fingerprint density at radius 1 is 1.42 bits per heavy atom. The first-order chi connectivity index (χ1) is 11.5. The van der Waals surface area contributed by atoms with Crippen LogP contribution in [0.4, 0.5) is 0 Å². The monoisotopic (exact) mass is 337 g/mol. The largest absolute Gasteiger partial charge is 0.390 e. The summed E-state index contributed by atoms with van der Waals surface area (Å²) in [5, 5.41) is 14.2. The van der Waals surface area contributed by atoms with E-state index < -0.39 is 6.10 Å². The molecule has 2 fully saturated rings. The zero-order valence-corrected chi connectivity index (χ0v) is 14.5. The molecule has 24 heavy (non-hydrogen) atoms. The summed E-state index contributed by atoms with van der Waals surface area (Å²) in [6.07, 6.45) is 2.12. The minimum atomic E-state index is -0.476. The Morgan fingerprint density at radius 3 is 2.92 bits per heavy atom. The van der Waals surface area contributed by atoms with Crippen LogP contribution in [0.25, 0.3) is 0 Å². The number of nitrogens with zero attached hydrogens (tertiary/aromatic N) is 5. The van der Waals surface area contributed by atoms with Crippen molar-refractivity contribution in [3.05, 3.63) is 11.7 Å². The quantitative estimate of drug-likeness (QED) is 0.741. The molecule has 3 rings (SSSR count). The highest BCUT2D eigenvalue weighted by molar-refractivity contribution is 5.78. The predicted molar refractivity (Wildman–Crippen MR) is 87.2 cm³/mol. The maximum Gasteiger partial charge on any atom is 0.223 e. The van der Waals surface area contributed by atoms with Crippen molar-refractivity contribution in [3.63, 3.8) is 0 Å². The zero-order valence-electron chi connectivity index (χ0n) is 14.5. The average Bonchev–Trinajstić information content (AvgIpc) is 3.23. The molecule has 134 valence electrons. The van der Waals surface area contributed by atoms with E-state index in [1.54, 1.807) is 11.8 Å². The van der Waals surface area contributed by atoms with Gasteiger partial charge in [0.05, 0.1) is 12.6 Å². The number of rotatable bonds is 7. The number of carbonyl (C=O) groups is 1. The molecule has 2 aliphatic rings. The van der Waals surface area contributed by atoms with Gasteiger partial charge in [-0.25, -0.2) is 0 Å². The summed E-state index contributed by atoms with van der Waals surface area (Å²) in [5.74, 6) is 1.47. The van der Waals surface area contributed by atoms with E-state index in [9.17, 15) is 9.90 Å². The van der Waals surface area contributed by atoms with Gasteiger partial charge in [-0.05, 0) is 26.4 Å². The second-order valence-electron chi connectivity index (χ2n) is 6.94. The molecule has 0 radical (unpaired) electrons. The van der Waals surface area contributed by atoms with Gasteiger partial charge in [0.1, 0.15) is 0 Å². The second-order valence-corrected chi connectivity index (χ2v) is 6.94. The summed E-state index contributed by atoms with van der Waals surface area (Å²) in [5.41, 5.74) is 0. The zero-order chi connectivity index (χ0) is 17.1. The number of β-amino-alcohol motifs (C(OH)–C–C–N with tert-alkyl or cyclic N) is 1. The first kappa shape index (κ1) is 17.3. The van der Waals surface area contributed by atoms with Crippen molar-refractivity contribution in [1.82, 2.24) is 24.8 Å². The third-order valence-corrected chi connectivity index (χ3v) is 4.90. The van der Waals surface area contributed by atoms with Crippen molar-refractivity contribution < 1.29 is 14.4 Å². The lowest BCUT2D eigenvalue weighted by Crippen LogP contribution is -2.41. The number of aromatic nitrogens is 2. The number of likely N-dealkylation sites (N-methyl/N-ethyl adjacent to an activating group) is 1. The van der Waals surface area contributed by atoms with Crippen molar-refractivity contribution in [3.8, 4) is 0 Å². The minimum absolute atomic E-state index is 0.170. The molecule has 1 aromatic rings. The molecule has 1 aromatic heterocycles. The number of aliphatic hydroxyl groups is 1. The highest BCUT2D eigenvalue weighted by atomic mass is 16.5. The van der Waals surface area contributed by atoms with Crippen molar-refractivity contribution in [2.45, 2.75) is 44.9 Å². The predicted octanol–water partition coefficient (Wildman–Crippen LogP) is -0.133. The number of likely N-dealkylation sites (tertiary alicyclic amines) is 2. The summed E-state index contributed by atoms with van der Waals surface area (Å²) in [6.45, 7) is 6.20. The number of amides is 1. The molecular formula is C16H27N5O3. The Labute approximate surface area is 142 Å². The molecule has 2 saturated heterocycles. The van der Waals surface area contributed by atoms with Crippen LogP contribution in [-0.4, -0.2) is 87.8 Å². The van der Waals surface area contributed by atoms with Crippen LogP contribution in [0.5, 0.6) is 0 Å². The summed E-state index contributed by atoms with van der Waals surface area (Å²) >= 11 is 0. The molecule has 0 aromatic carbocycles. The summed E-state index contributed by atoms with van der Waals surface area (Å²) in [7, 11) is 2.07. The van der Waals surface area contributed by atoms with Crippen LogP contribution in [0.2, 0.25) is 0 Å². The van der Waals surface area contributed by atoms with Gasteiger partial charge in [0.25, 0.3) is 0 Å². The number of aliphatic hydroxyl groups excluding tert-OH is 1. The second kappa shape index (κ2) is 7.58. The van der Waals surface area contributed by atoms with E-state index in [2.05, 4.69) is 27.0 Å². The van der Waals surface area contributed by atoms with E-state index in [1.807, 2.05) is 0 Å². The molecule has 0 saturated carbocycles. The van der Waals surface area contributed by atoms with Gasteiger partial charge >= 0.3 is 0 Å². The Kier molecular flexibility index (Phi) is 5.47. The summed E-state index contributed by atoms with van der Waals surface area (Å²) in [4.78, 5) is 22.2. The van der Waals surface area contributed by atoms with Gasteiger partial charge in [0.15, 0.2) is 5.82 Å². The number of carbonyl (C=O) groups excluding carboxylic acids is 1. The number of hydrogen-bond acceptors (Lipinski definition) is 7. The Hall–Kier alpha value is -1.51. The van der Waals surface area contributed by atoms with Gasteiger partial charge in [-0.3, -0.25) is 14.6 Å². The maximum absolute atomic E-state index is 11.6. The minimum Gasteiger partial charge on any atom is -0.390 e. The third-order valence-electron chi connectivity index (χ3n) is 4.90. The number of aryl methyl sites for hydroxylation is 1. The van der Waals surface area contributed by atoms with Gasteiger partial charge in [-0.2, -0.15) is 4.98 Å². The summed E-state index contributed by atoms with van der Waals surface area (Å²) in [6, 6.07) is 0.421. The van der Waals surface area contributed by atoms with Crippen molar-refractivity contribution in [1.29, 1.82) is 0 Å². The first-order valence-corrected chi connectivity index (χ1v) is 8.69. The molecule has 0 unspecified atom stereocenters. The molecule has 0 spiro atoms. The standard InChI is InChI=1S/C16H27N5O3/c1-12-17-15(18-24-12)11-19(2)13-5-7-20(8-13)9-14(22)10-21-6-3-4-16(21)23/h13-14,22H,3-11H2,1-2H3/t13-,14-/m0/s1. The van der Waals surface area contributed by atoms with Crippen molar-refractivity contribution in [2.24, 2.45) is 0 Å². The van der Waals surface area contributed by atoms with Crippen LogP contribution < -0.4 is 0 Å². The normalized spacial score (nSPS) is 23.6. The van der Waals surface area contributed by atoms with Crippen LogP contribution in [0.1, 0.15) is 31.0 Å². The Morgan fingerprint density at radius 2 is 2.25 bits per heavy atom. The van der Waals surface area contributed by atoms with E-state index in [0.29, 0.717) is 43.8 Å². The molecule has 8 heteroatoms. The van der Waals surface area contributed by atoms with Crippen LogP contribution in [0.15, 0.2) is 4.52 Å². The fourth-order valence-electron chi connectivity index (χ4n) is 3.60. The molecular weight excluding hydrogens is 310 g/mol. The van der Waals surface area contributed by atoms with Gasteiger partial charge in [0.2, 0.25) is 11.8 Å². The van der Waals surface area contributed by atoms with E-state index in [4.69, 9.17) is 4.52 Å². The van der Waals surface area contributed by atoms with E-state index >= 15 is 0 Å². The van der Waals surface area contributed by atoms with Gasteiger partial charge in [-0.1, -0.05) is 5.16 Å². The lowest BCUT2D eigenvalue weighted by Gasteiger charge is -2.26. The highest BCUT2D eigenvalue weighted by Gasteiger charge is 2.29.